The zero-order valence-electron chi connectivity index (χ0n) is 15.7. The van der Waals surface area contributed by atoms with Gasteiger partial charge in [0.15, 0.2) is 0 Å². The number of ether oxygens (including phenoxy) is 1. The van der Waals surface area contributed by atoms with Gasteiger partial charge in [-0.3, -0.25) is 9.69 Å². The smallest absolute Gasteiger partial charge is 0.320 e. The van der Waals surface area contributed by atoms with E-state index in [9.17, 15) is 4.79 Å². The molecule has 1 aliphatic heterocycles. The minimum atomic E-state index is -0.154. The average molecular weight is 420 g/mol. The molecule has 3 heterocycles. The summed E-state index contributed by atoms with van der Waals surface area (Å²) in [6.45, 7) is 6.07. The fourth-order valence-corrected chi connectivity index (χ4v) is 4.35. The second-order valence-corrected chi connectivity index (χ2v) is 8.04. The van der Waals surface area contributed by atoms with Crippen LogP contribution in [-0.2, 0) is 9.53 Å². The molecule has 0 atom stereocenters. The molecule has 28 heavy (non-hydrogen) atoms. The highest BCUT2D eigenvalue weighted by Crippen LogP contribution is 2.28. The largest absolute Gasteiger partial charge is 0.465 e. The number of esters is 1. The molecule has 148 valence electrons. The molecular formula is C19H22ClN5O2S. The Kier molecular flexibility index (Phi) is 5.79. The van der Waals surface area contributed by atoms with E-state index in [1.807, 2.05) is 41.9 Å². The highest BCUT2D eigenvalue weighted by molar-refractivity contribution is 7.20. The maximum absolute atomic E-state index is 11.7. The summed E-state index contributed by atoms with van der Waals surface area (Å²) in [6, 6.07) is 7.65. The molecule has 1 aromatic carbocycles. The van der Waals surface area contributed by atoms with Crippen LogP contribution in [0.15, 0.2) is 30.5 Å². The van der Waals surface area contributed by atoms with E-state index >= 15 is 0 Å². The van der Waals surface area contributed by atoms with Crippen LogP contribution in [0, 0.1) is 0 Å². The van der Waals surface area contributed by atoms with Crippen molar-refractivity contribution in [1.29, 1.82) is 0 Å². The molecule has 1 fully saturated rings. The van der Waals surface area contributed by atoms with Crippen LogP contribution < -0.4 is 4.90 Å². The predicted molar refractivity (Wildman–Crippen MR) is 111 cm³/mol. The van der Waals surface area contributed by atoms with Crippen molar-refractivity contribution in [2.75, 3.05) is 44.2 Å². The number of aromatic nitrogens is 3. The van der Waals surface area contributed by atoms with Gasteiger partial charge in [0.05, 0.1) is 25.0 Å². The molecule has 0 amide bonds. The molecule has 3 aromatic rings. The summed E-state index contributed by atoms with van der Waals surface area (Å²) in [6.07, 6.45) is 2.93. The summed E-state index contributed by atoms with van der Waals surface area (Å²) in [4.78, 5) is 21.7. The molecule has 0 N–H and O–H groups in total. The van der Waals surface area contributed by atoms with Gasteiger partial charge in [0.25, 0.3) is 0 Å². The van der Waals surface area contributed by atoms with Crippen LogP contribution in [0.1, 0.15) is 13.3 Å². The molecule has 0 radical (unpaired) electrons. The summed E-state index contributed by atoms with van der Waals surface area (Å²) < 4.78 is 6.90. The lowest BCUT2D eigenvalue weighted by molar-refractivity contribution is -0.144. The predicted octanol–water partition coefficient (Wildman–Crippen LogP) is 3.19. The van der Waals surface area contributed by atoms with E-state index in [0.717, 1.165) is 53.9 Å². The van der Waals surface area contributed by atoms with Crippen molar-refractivity contribution in [1.82, 2.24) is 19.5 Å². The Morgan fingerprint density at radius 3 is 2.79 bits per heavy atom. The Hall–Kier alpha value is -2.16. The highest BCUT2D eigenvalue weighted by Gasteiger charge is 2.20. The van der Waals surface area contributed by atoms with E-state index < -0.39 is 0 Å². The molecule has 1 aliphatic rings. The van der Waals surface area contributed by atoms with Crippen molar-refractivity contribution in [3.05, 3.63) is 35.5 Å². The number of halogens is 1. The van der Waals surface area contributed by atoms with Crippen LogP contribution in [0.2, 0.25) is 5.02 Å². The van der Waals surface area contributed by atoms with Crippen molar-refractivity contribution < 1.29 is 9.53 Å². The third kappa shape index (κ3) is 4.29. The quantitative estimate of drug-likeness (QED) is 0.592. The number of carbonyl (C=O) groups is 1. The standard InChI is InChI=1S/C19H22ClN5O2S/c1-2-27-17(26)13-23-8-3-9-24(11-10-23)19-22-25-12-16(21-18(25)28-19)14-4-6-15(20)7-5-14/h4-7,12H,2-3,8-11,13H2,1H3. The van der Waals surface area contributed by atoms with E-state index in [1.165, 1.54) is 0 Å². The maximum Gasteiger partial charge on any atom is 0.320 e. The number of carbonyl (C=O) groups excluding carboxylic acids is 1. The van der Waals surface area contributed by atoms with Crippen molar-refractivity contribution in [3.63, 3.8) is 0 Å². The molecular weight excluding hydrogens is 398 g/mol. The Labute approximate surface area is 172 Å². The summed E-state index contributed by atoms with van der Waals surface area (Å²) >= 11 is 7.55. The van der Waals surface area contributed by atoms with Gasteiger partial charge in [0.1, 0.15) is 0 Å². The minimum absolute atomic E-state index is 0.154. The topological polar surface area (TPSA) is 63.0 Å². The molecule has 0 bridgehead atoms. The third-order valence-electron chi connectivity index (χ3n) is 4.69. The number of imidazole rings is 1. The number of fused-ring (bicyclic) bond motifs is 1. The molecule has 0 spiro atoms. The molecule has 4 rings (SSSR count). The normalized spacial score (nSPS) is 15.7. The molecule has 9 heteroatoms. The van der Waals surface area contributed by atoms with Crippen LogP contribution in [0.3, 0.4) is 0 Å². The van der Waals surface area contributed by atoms with E-state index in [-0.39, 0.29) is 5.97 Å². The van der Waals surface area contributed by atoms with Crippen molar-refractivity contribution in [3.8, 4) is 11.3 Å². The van der Waals surface area contributed by atoms with Crippen LogP contribution in [0.25, 0.3) is 16.2 Å². The molecule has 0 unspecified atom stereocenters. The number of anilines is 1. The van der Waals surface area contributed by atoms with Crippen molar-refractivity contribution in [2.24, 2.45) is 0 Å². The van der Waals surface area contributed by atoms with Crippen molar-refractivity contribution >= 4 is 39.0 Å². The summed E-state index contributed by atoms with van der Waals surface area (Å²) in [5, 5.41) is 6.39. The van der Waals surface area contributed by atoms with Crippen LogP contribution in [0.4, 0.5) is 5.13 Å². The Morgan fingerprint density at radius 1 is 1.21 bits per heavy atom. The summed E-state index contributed by atoms with van der Waals surface area (Å²) in [5.41, 5.74) is 1.91. The van der Waals surface area contributed by atoms with Gasteiger partial charge >= 0.3 is 5.97 Å². The summed E-state index contributed by atoms with van der Waals surface area (Å²) in [5.74, 6) is -0.154. The molecule has 7 nitrogen and oxygen atoms in total. The van der Waals surface area contributed by atoms with E-state index in [2.05, 4.69) is 9.80 Å². The monoisotopic (exact) mass is 419 g/mol. The first-order chi connectivity index (χ1) is 13.6. The number of hydrogen-bond donors (Lipinski definition) is 0. The second-order valence-electron chi connectivity index (χ2n) is 6.67. The third-order valence-corrected chi connectivity index (χ3v) is 5.92. The number of rotatable bonds is 5. The number of nitrogens with zero attached hydrogens (tertiary/aromatic N) is 5. The van der Waals surface area contributed by atoms with Gasteiger partial charge < -0.3 is 9.64 Å². The van der Waals surface area contributed by atoms with Crippen LogP contribution >= 0.6 is 22.9 Å². The zero-order valence-corrected chi connectivity index (χ0v) is 17.2. The first-order valence-corrected chi connectivity index (χ1v) is 10.6. The number of benzene rings is 1. The highest BCUT2D eigenvalue weighted by atomic mass is 35.5. The maximum atomic E-state index is 11.7. The van der Waals surface area contributed by atoms with Gasteiger partial charge in [0, 0.05) is 36.8 Å². The van der Waals surface area contributed by atoms with Crippen molar-refractivity contribution in [2.45, 2.75) is 13.3 Å². The lowest BCUT2D eigenvalue weighted by Gasteiger charge is -2.20. The fraction of sp³-hybridized carbons (Fsp3) is 0.421. The van der Waals surface area contributed by atoms with Gasteiger partial charge in [0.2, 0.25) is 10.1 Å². The Morgan fingerprint density at radius 2 is 2.04 bits per heavy atom. The fourth-order valence-electron chi connectivity index (χ4n) is 3.29. The minimum Gasteiger partial charge on any atom is -0.465 e. The zero-order chi connectivity index (χ0) is 19.5. The van der Waals surface area contributed by atoms with Gasteiger partial charge in [-0.1, -0.05) is 35.1 Å². The van der Waals surface area contributed by atoms with Crippen LogP contribution in [0.5, 0.6) is 0 Å². The molecule has 1 saturated heterocycles. The molecule has 0 aliphatic carbocycles. The SMILES string of the molecule is CCOC(=O)CN1CCCN(c2nn3cc(-c4ccc(Cl)cc4)nc3s2)CC1. The summed E-state index contributed by atoms with van der Waals surface area (Å²) in [7, 11) is 0. The van der Waals surface area contributed by atoms with Gasteiger partial charge in [-0.2, -0.15) is 0 Å². The Bertz CT molecular complexity index is 924. The van der Waals surface area contributed by atoms with Gasteiger partial charge in [-0.15, -0.1) is 5.10 Å². The van der Waals surface area contributed by atoms with E-state index in [0.29, 0.717) is 18.2 Å². The van der Waals surface area contributed by atoms with Gasteiger partial charge in [-0.25, -0.2) is 9.50 Å². The lowest BCUT2D eigenvalue weighted by Crippen LogP contribution is -2.35. The van der Waals surface area contributed by atoms with E-state index in [1.54, 1.807) is 11.3 Å². The lowest BCUT2D eigenvalue weighted by atomic mass is 10.2. The first-order valence-electron chi connectivity index (χ1n) is 9.37. The Balaban J connectivity index is 1.43. The van der Waals surface area contributed by atoms with Crippen LogP contribution in [-0.4, -0.2) is 64.8 Å². The molecule has 0 saturated carbocycles. The first kappa shape index (κ1) is 19.2. The molecule has 2 aromatic heterocycles. The van der Waals surface area contributed by atoms with E-state index in [4.69, 9.17) is 26.4 Å². The number of hydrogen-bond acceptors (Lipinski definition) is 7. The average Bonchev–Trinajstić information content (AvgIpc) is 3.15. The second kappa shape index (κ2) is 8.46. The van der Waals surface area contributed by atoms with Gasteiger partial charge in [-0.05, 0) is 25.5 Å².